The first-order chi connectivity index (χ1) is 9.43. The summed E-state index contributed by atoms with van der Waals surface area (Å²) in [6.45, 7) is 10.7. The van der Waals surface area contributed by atoms with Crippen molar-refractivity contribution in [3.05, 3.63) is 35.9 Å². The molecule has 0 fully saturated rings. The highest BCUT2D eigenvalue weighted by Gasteiger charge is 2.31. The van der Waals surface area contributed by atoms with E-state index in [1.54, 1.807) is 0 Å². The Hall–Kier alpha value is -0.900. The number of aliphatic hydroxyl groups excluding tert-OH is 1. The number of benzene rings is 1. The monoisotopic (exact) mass is 279 g/mol. The number of hydrogen-bond donors (Lipinski definition) is 2. The fraction of sp³-hybridized carbons (Fsp3) is 0.647. The molecule has 1 atom stereocenters. The zero-order valence-corrected chi connectivity index (χ0v) is 13.3. The van der Waals surface area contributed by atoms with Crippen LogP contribution in [-0.2, 0) is 10.3 Å². The lowest BCUT2D eigenvalue weighted by atomic mass is 9.91. The van der Waals surface area contributed by atoms with Crippen LogP contribution in [0.1, 0.15) is 39.7 Å². The van der Waals surface area contributed by atoms with Gasteiger partial charge in [-0.05, 0) is 23.9 Å². The molecule has 3 nitrogen and oxygen atoms in total. The molecule has 1 unspecified atom stereocenters. The maximum absolute atomic E-state index is 9.88. The minimum atomic E-state index is -0.506. The fourth-order valence-corrected chi connectivity index (χ4v) is 2.15. The molecule has 0 aliphatic rings. The van der Waals surface area contributed by atoms with Gasteiger partial charge in [0.2, 0.25) is 0 Å². The summed E-state index contributed by atoms with van der Waals surface area (Å²) in [6, 6.07) is 10.0. The van der Waals surface area contributed by atoms with E-state index in [2.05, 4.69) is 26.1 Å². The van der Waals surface area contributed by atoms with Crippen LogP contribution in [0.25, 0.3) is 0 Å². The highest BCUT2D eigenvalue weighted by molar-refractivity contribution is 5.25. The zero-order valence-electron chi connectivity index (χ0n) is 13.3. The van der Waals surface area contributed by atoms with Crippen molar-refractivity contribution in [2.24, 2.45) is 5.41 Å². The topological polar surface area (TPSA) is 41.5 Å². The van der Waals surface area contributed by atoms with Gasteiger partial charge in [-0.15, -0.1) is 0 Å². The second-order valence-electron chi connectivity index (χ2n) is 6.50. The van der Waals surface area contributed by atoms with E-state index in [0.717, 1.165) is 18.5 Å². The molecule has 0 amide bonds. The molecule has 0 saturated heterocycles. The van der Waals surface area contributed by atoms with Gasteiger partial charge in [0.05, 0.1) is 18.8 Å². The lowest BCUT2D eigenvalue weighted by molar-refractivity contribution is 0.0248. The zero-order chi connectivity index (χ0) is 15.1. The van der Waals surface area contributed by atoms with E-state index < -0.39 is 5.54 Å². The van der Waals surface area contributed by atoms with Crippen LogP contribution in [0.5, 0.6) is 0 Å². The maximum Gasteiger partial charge on any atom is 0.0905 e. The van der Waals surface area contributed by atoms with Crippen molar-refractivity contribution in [3.63, 3.8) is 0 Å². The number of ether oxygens (including phenoxy) is 1. The van der Waals surface area contributed by atoms with Crippen LogP contribution in [0.4, 0.5) is 0 Å². The van der Waals surface area contributed by atoms with E-state index in [4.69, 9.17) is 4.74 Å². The second kappa shape index (κ2) is 7.77. The number of hydrogen-bond acceptors (Lipinski definition) is 3. The van der Waals surface area contributed by atoms with E-state index in [-0.39, 0.29) is 12.0 Å². The average Bonchev–Trinajstić information content (AvgIpc) is 2.42. The van der Waals surface area contributed by atoms with Gasteiger partial charge < -0.3 is 15.2 Å². The maximum atomic E-state index is 9.88. The number of nitrogens with one attached hydrogen (secondary N) is 1. The smallest absolute Gasteiger partial charge is 0.0905 e. The van der Waals surface area contributed by atoms with E-state index in [0.29, 0.717) is 13.2 Å². The minimum absolute atomic E-state index is 0.0281. The Balaban J connectivity index is 2.69. The average molecular weight is 279 g/mol. The molecular weight excluding hydrogens is 250 g/mol. The Morgan fingerprint density at radius 2 is 1.80 bits per heavy atom. The normalized spacial score (nSPS) is 15.1. The molecule has 3 heteroatoms. The van der Waals surface area contributed by atoms with Gasteiger partial charge >= 0.3 is 0 Å². The van der Waals surface area contributed by atoms with Crippen molar-refractivity contribution in [1.82, 2.24) is 5.32 Å². The van der Waals surface area contributed by atoms with E-state index >= 15 is 0 Å². The molecular formula is C17H29NO2. The molecule has 0 radical (unpaired) electrons. The predicted molar refractivity (Wildman–Crippen MR) is 83.8 cm³/mol. The summed E-state index contributed by atoms with van der Waals surface area (Å²) in [6.07, 6.45) is 1.01. The van der Waals surface area contributed by atoms with Crippen LogP contribution < -0.4 is 5.32 Å². The number of rotatable bonds is 8. The van der Waals surface area contributed by atoms with Gasteiger partial charge in [-0.25, -0.2) is 0 Å². The van der Waals surface area contributed by atoms with Crippen LogP contribution in [0.2, 0.25) is 0 Å². The molecule has 1 aromatic rings. The Bertz CT molecular complexity index is 372. The Morgan fingerprint density at radius 1 is 1.15 bits per heavy atom. The SMILES string of the molecule is CCNC(CO)(COCCC(C)(C)C)c1ccccc1. The first-order valence-electron chi connectivity index (χ1n) is 7.43. The van der Waals surface area contributed by atoms with Gasteiger partial charge in [0.1, 0.15) is 0 Å². The Morgan fingerprint density at radius 3 is 2.30 bits per heavy atom. The largest absolute Gasteiger partial charge is 0.394 e. The van der Waals surface area contributed by atoms with Crippen LogP contribution in [0.3, 0.4) is 0 Å². The van der Waals surface area contributed by atoms with Crippen molar-refractivity contribution >= 4 is 0 Å². The summed E-state index contributed by atoms with van der Waals surface area (Å²) < 4.78 is 5.85. The first-order valence-corrected chi connectivity index (χ1v) is 7.43. The van der Waals surface area contributed by atoms with Crippen LogP contribution in [-0.4, -0.2) is 31.5 Å². The van der Waals surface area contributed by atoms with Crippen LogP contribution >= 0.6 is 0 Å². The van der Waals surface area contributed by atoms with Crippen molar-refractivity contribution in [2.75, 3.05) is 26.4 Å². The van der Waals surface area contributed by atoms with Gasteiger partial charge in [0, 0.05) is 6.61 Å². The summed E-state index contributed by atoms with van der Waals surface area (Å²) in [4.78, 5) is 0. The van der Waals surface area contributed by atoms with Gasteiger partial charge in [0.15, 0.2) is 0 Å². The summed E-state index contributed by atoms with van der Waals surface area (Å²) >= 11 is 0. The van der Waals surface area contributed by atoms with Crippen molar-refractivity contribution in [2.45, 2.75) is 39.7 Å². The van der Waals surface area contributed by atoms with Crippen molar-refractivity contribution in [1.29, 1.82) is 0 Å². The molecule has 0 aliphatic heterocycles. The Kier molecular flexibility index (Phi) is 6.66. The molecule has 2 N–H and O–H groups in total. The van der Waals surface area contributed by atoms with Gasteiger partial charge in [0.25, 0.3) is 0 Å². The third-order valence-electron chi connectivity index (χ3n) is 3.46. The van der Waals surface area contributed by atoms with Gasteiger partial charge in [-0.2, -0.15) is 0 Å². The predicted octanol–water partition coefficient (Wildman–Crippen LogP) is 2.94. The quantitative estimate of drug-likeness (QED) is 0.719. The lowest BCUT2D eigenvalue weighted by Crippen LogP contribution is -2.49. The highest BCUT2D eigenvalue weighted by atomic mass is 16.5. The van der Waals surface area contributed by atoms with E-state index in [1.165, 1.54) is 0 Å². The van der Waals surface area contributed by atoms with E-state index in [1.807, 2.05) is 37.3 Å². The lowest BCUT2D eigenvalue weighted by Gasteiger charge is -2.33. The fourth-order valence-electron chi connectivity index (χ4n) is 2.15. The van der Waals surface area contributed by atoms with Crippen molar-refractivity contribution < 1.29 is 9.84 Å². The van der Waals surface area contributed by atoms with Crippen molar-refractivity contribution in [3.8, 4) is 0 Å². The summed E-state index contributed by atoms with van der Waals surface area (Å²) in [5, 5.41) is 13.3. The second-order valence-corrected chi connectivity index (χ2v) is 6.50. The van der Waals surface area contributed by atoms with E-state index in [9.17, 15) is 5.11 Å². The molecule has 114 valence electrons. The molecule has 0 bridgehead atoms. The van der Waals surface area contributed by atoms with Gasteiger partial charge in [-0.3, -0.25) is 0 Å². The van der Waals surface area contributed by atoms with Crippen LogP contribution in [0.15, 0.2) is 30.3 Å². The summed E-state index contributed by atoms with van der Waals surface area (Å²) in [5.74, 6) is 0. The molecule has 0 aliphatic carbocycles. The summed E-state index contributed by atoms with van der Waals surface area (Å²) in [5.41, 5.74) is 0.834. The molecule has 1 rings (SSSR count). The summed E-state index contributed by atoms with van der Waals surface area (Å²) in [7, 11) is 0. The Labute approximate surface area is 123 Å². The third-order valence-corrected chi connectivity index (χ3v) is 3.46. The molecule has 1 aromatic carbocycles. The first kappa shape index (κ1) is 17.2. The molecule has 0 saturated carbocycles. The highest BCUT2D eigenvalue weighted by Crippen LogP contribution is 2.23. The van der Waals surface area contributed by atoms with Crippen LogP contribution in [0, 0.1) is 5.41 Å². The minimum Gasteiger partial charge on any atom is -0.394 e. The standard InChI is InChI=1S/C17H29NO2/c1-5-18-17(13-19,15-9-7-6-8-10-15)14-20-12-11-16(2,3)4/h6-10,18-19H,5,11-14H2,1-4H3. The molecule has 0 aromatic heterocycles. The molecule has 0 spiro atoms. The number of likely N-dealkylation sites (N-methyl/N-ethyl adjacent to an activating group) is 1. The third kappa shape index (κ3) is 5.23. The molecule has 0 heterocycles. The number of aliphatic hydroxyl groups is 1. The molecule has 20 heavy (non-hydrogen) atoms. The van der Waals surface area contributed by atoms with Gasteiger partial charge in [-0.1, -0.05) is 58.0 Å².